The number of halogens is 1. The van der Waals surface area contributed by atoms with Gasteiger partial charge in [-0.25, -0.2) is 0 Å². The van der Waals surface area contributed by atoms with E-state index in [1.54, 1.807) is 55.6 Å². The Bertz CT molecular complexity index is 1260. The quantitative estimate of drug-likeness (QED) is 0.309. The molecule has 0 aliphatic carbocycles. The molecule has 2 N–H and O–H groups in total. The molecule has 8 heteroatoms. The molecule has 0 unspecified atom stereocenters. The lowest BCUT2D eigenvalue weighted by Crippen LogP contribution is -2.20. The number of ether oxygens (including phenoxy) is 2. The van der Waals surface area contributed by atoms with E-state index < -0.39 is 5.91 Å². The van der Waals surface area contributed by atoms with Crippen LogP contribution in [0.25, 0.3) is 6.08 Å². The summed E-state index contributed by atoms with van der Waals surface area (Å²) in [5, 5.41) is 15.0. The molecule has 0 aromatic heterocycles. The lowest BCUT2D eigenvalue weighted by molar-refractivity contribution is -0.118. The Morgan fingerprint density at radius 2 is 1.79 bits per heavy atom. The highest BCUT2D eigenvalue weighted by Crippen LogP contribution is 2.26. The van der Waals surface area contributed by atoms with Gasteiger partial charge in [0.2, 0.25) is 0 Å². The average molecular weight is 520 g/mol. The maximum Gasteiger partial charge on any atom is 0.266 e. The second-order valence-electron chi connectivity index (χ2n) is 7.24. The van der Waals surface area contributed by atoms with Gasteiger partial charge in [0.25, 0.3) is 11.8 Å². The summed E-state index contributed by atoms with van der Waals surface area (Å²) in [4.78, 5) is 25.0. The van der Waals surface area contributed by atoms with E-state index in [4.69, 9.17) is 9.47 Å². The van der Waals surface area contributed by atoms with E-state index in [0.29, 0.717) is 28.4 Å². The lowest BCUT2D eigenvalue weighted by Gasteiger charge is -2.11. The normalized spacial score (nSPS) is 10.7. The zero-order chi connectivity index (χ0) is 24.5. The van der Waals surface area contributed by atoms with E-state index >= 15 is 0 Å². The van der Waals surface area contributed by atoms with Crippen LogP contribution in [0.3, 0.4) is 0 Å². The summed E-state index contributed by atoms with van der Waals surface area (Å²) in [7, 11) is 1.57. The van der Waals surface area contributed by atoms with Gasteiger partial charge in [-0.3, -0.25) is 9.59 Å². The lowest BCUT2D eigenvalue weighted by atomic mass is 10.1. The summed E-state index contributed by atoms with van der Waals surface area (Å²) in [6.07, 6.45) is 1.42. The minimum absolute atomic E-state index is 0.104. The van der Waals surface area contributed by atoms with E-state index in [9.17, 15) is 14.9 Å². The molecule has 0 bridgehead atoms. The number of aryl methyl sites for hydroxylation is 1. The molecule has 0 spiro atoms. The second-order valence-corrected chi connectivity index (χ2v) is 8.16. The van der Waals surface area contributed by atoms with Crippen LogP contribution in [0.1, 0.15) is 11.1 Å². The van der Waals surface area contributed by atoms with Crippen molar-refractivity contribution in [1.82, 2.24) is 0 Å². The Balaban J connectivity index is 1.72. The minimum atomic E-state index is -0.545. The van der Waals surface area contributed by atoms with Gasteiger partial charge >= 0.3 is 0 Å². The number of benzene rings is 3. The number of nitrogens with one attached hydrogen (secondary N) is 2. The first-order valence-corrected chi connectivity index (χ1v) is 11.0. The molecular formula is C26H22BrN3O4. The third-order valence-electron chi connectivity index (χ3n) is 4.65. The third-order valence-corrected chi connectivity index (χ3v) is 5.14. The Morgan fingerprint density at radius 3 is 2.47 bits per heavy atom. The summed E-state index contributed by atoms with van der Waals surface area (Å²) < 4.78 is 11.5. The molecule has 34 heavy (non-hydrogen) atoms. The number of carbonyl (C=O) groups is 2. The highest BCUT2D eigenvalue weighted by atomic mass is 79.9. The van der Waals surface area contributed by atoms with Crippen LogP contribution in [0, 0.1) is 18.3 Å². The van der Waals surface area contributed by atoms with Crippen LogP contribution < -0.4 is 20.1 Å². The average Bonchev–Trinajstić information content (AvgIpc) is 2.82. The molecule has 0 aliphatic rings. The molecule has 3 rings (SSSR count). The Kier molecular flexibility index (Phi) is 8.43. The van der Waals surface area contributed by atoms with Crippen molar-refractivity contribution in [2.24, 2.45) is 0 Å². The second kappa shape index (κ2) is 11.7. The zero-order valence-corrected chi connectivity index (χ0v) is 20.2. The van der Waals surface area contributed by atoms with Gasteiger partial charge in [0.1, 0.15) is 23.1 Å². The minimum Gasteiger partial charge on any atom is -0.497 e. The predicted octanol–water partition coefficient (Wildman–Crippen LogP) is 5.33. The fraction of sp³-hybridized carbons (Fsp3) is 0.115. The summed E-state index contributed by atoms with van der Waals surface area (Å²) in [5.41, 5.74) is 2.54. The number of nitriles is 1. The Hall–Kier alpha value is -4.09. The molecule has 0 saturated carbocycles. The smallest absolute Gasteiger partial charge is 0.266 e. The monoisotopic (exact) mass is 519 g/mol. The number of hydrogen-bond donors (Lipinski definition) is 2. The SMILES string of the molecule is COc1ccc(NC(=O)COc2ccc(Br)cc2/C=C(\C#N)C(=O)Nc2cccc(C)c2)cc1. The number of nitrogens with zero attached hydrogens (tertiary/aromatic N) is 1. The standard InChI is InChI=1S/C26H22BrN3O4/c1-17-4-3-5-22(12-17)30-26(32)19(15-28)13-18-14-20(27)6-11-24(18)34-16-25(31)29-21-7-9-23(33-2)10-8-21/h3-14H,16H2,1-2H3,(H,29,31)(H,30,32)/b19-13+. The third kappa shape index (κ3) is 6.95. The first-order valence-electron chi connectivity index (χ1n) is 10.2. The van der Waals surface area contributed by atoms with E-state index in [2.05, 4.69) is 26.6 Å². The molecule has 0 heterocycles. The van der Waals surface area contributed by atoms with Crippen molar-refractivity contribution < 1.29 is 19.1 Å². The first kappa shape index (κ1) is 24.6. The maximum atomic E-state index is 12.6. The van der Waals surface area contributed by atoms with Crippen LogP contribution in [-0.4, -0.2) is 25.5 Å². The molecule has 7 nitrogen and oxygen atoms in total. The van der Waals surface area contributed by atoms with Crippen molar-refractivity contribution >= 4 is 45.2 Å². The van der Waals surface area contributed by atoms with Gasteiger partial charge in [-0.1, -0.05) is 28.1 Å². The molecule has 3 aromatic rings. The van der Waals surface area contributed by atoms with Gasteiger partial charge in [0, 0.05) is 21.4 Å². The predicted molar refractivity (Wildman–Crippen MR) is 135 cm³/mol. The summed E-state index contributed by atoms with van der Waals surface area (Å²) in [5.74, 6) is 0.126. The number of anilines is 2. The molecule has 2 amide bonds. The van der Waals surface area contributed by atoms with Crippen LogP contribution >= 0.6 is 15.9 Å². The fourth-order valence-corrected chi connectivity index (χ4v) is 3.38. The van der Waals surface area contributed by atoms with Crippen LogP contribution in [0.2, 0.25) is 0 Å². The molecule has 172 valence electrons. The van der Waals surface area contributed by atoms with Crippen LogP contribution in [0.5, 0.6) is 11.5 Å². The number of amides is 2. The van der Waals surface area contributed by atoms with Crippen molar-refractivity contribution in [2.45, 2.75) is 6.92 Å². The summed E-state index contributed by atoms with van der Waals surface area (Å²) in [6.45, 7) is 1.65. The number of rotatable bonds is 8. The molecular weight excluding hydrogens is 498 g/mol. The van der Waals surface area contributed by atoms with E-state index in [-0.39, 0.29) is 18.1 Å². The molecule has 0 saturated heterocycles. The van der Waals surface area contributed by atoms with Crippen molar-refractivity contribution in [2.75, 3.05) is 24.4 Å². The van der Waals surface area contributed by atoms with Crippen molar-refractivity contribution in [3.63, 3.8) is 0 Å². The van der Waals surface area contributed by atoms with Gasteiger partial charge in [-0.15, -0.1) is 0 Å². The van der Waals surface area contributed by atoms with E-state index in [1.807, 2.05) is 31.2 Å². The van der Waals surface area contributed by atoms with Gasteiger partial charge in [-0.2, -0.15) is 5.26 Å². The zero-order valence-electron chi connectivity index (χ0n) is 18.6. The molecule has 0 fully saturated rings. The van der Waals surface area contributed by atoms with Crippen LogP contribution in [0.15, 0.2) is 76.8 Å². The Morgan fingerprint density at radius 1 is 1.03 bits per heavy atom. The fourth-order valence-electron chi connectivity index (χ4n) is 3.00. The Labute approximate surface area is 206 Å². The number of hydrogen-bond acceptors (Lipinski definition) is 5. The first-order chi connectivity index (χ1) is 16.4. The topological polar surface area (TPSA) is 100 Å². The molecule has 0 radical (unpaired) electrons. The van der Waals surface area contributed by atoms with Gasteiger partial charge in [0.15, 0.2) is 6.61 Å². The number of carbonyl (C=O) groups excluding carboxylic acids is 2. The van der Waals surface area contributed by atoms with E-state index in [0.717, 1.165) is 10.0 Å². The van der Waals surface area contributed by atoms with E-state index in [1.165, 1.54) is 6.08 Å². The molecule has 0 atom stereocenters. The highest BCUT2D eigenvalue weighted by Gasteiger charge is 2.13. The van der Waals surface area contributed by atoms with Crippen molar-refractivity contribution in [3.8, 4) is 17.6 Å². The van der Waals surface area contributed by atoms with Crippen molar-refractivity contribution in [3.05, 3.63) is 87.9 Å². The molecule has 3 aromatic carbocycles. The van der Waals surface area contributed by atoms with Gasteiger partial charge in [0.05, 0.1) is 7.11 Å². The summed E-state index contributed by atoms with van der Waals surface area (Å²) in [6, 6.07) is 21.2. The summed E-state index contributed by atoms with van der Waals surface area (Å²) >= 11 is 3.39. The van der Waals surface area contributed by atoms with Crippen LogP contribution in [0.4, 0.5) is 11.4 Å². The number of methoxy groups -OCH3 is 1. The van der Waals surface area contributed by atoms with Gasteiger partial charge < -0.3 is 20.1 Å². The largest absolute Gasteiger partial charge is 0.497 e. The van der Waals surface area contributed by atoms with Crippen LogP contribution in [-0.2, 0) is 9.59 Å². The van der Waals surface area contributed by atoms with Gasteiger partial charge in [-0.05, 0) is 73.2 Å². The maximum absolute atomic E-state index is 12.6. The highest BCUT2D eigenvalue weighted by molar-refractivity contribution is 9.10. The molecule has 0 aliphatic heterocycles. The van der Waals surface area contributed by atoms with Crippen molar-refractivity contribution in [1.29, 1.82) is 5.26 Å².